The molecule has 0 amide bonds. The molecule has 0 unspecified atom stereocenters. The molecule has 0 aliphatic heterocycles. The summed E-state index contributed by atoms with van der Waals surface area (Å²) in [5, 5.41) is 14.4. The van der Waals surface area contributed by atoms with Gasteiger partial charge in [0.25, 0.3) is 0 Å². The fraction of sp³-hybridized carbons (Fsp3) is 0.250. The molecule has 3 aromatic rings. The maximum atomic E-state index is 11.8. The Morgan fingerprint density at radius 2 is 1.79 bits per heavy atom. The lowest BCUT2D eigenvalue weighted by atomic mass is 10.0. The van der Waals surface area contributed by atoms with Crippen molar-refractivity contribution in [2.24, 2.45) is 0 Å². The molecule has 0 bridgehead atoms. The van der Waals surface area contributed by atoms with Gasteiger partial charge in [-0.1, -0.05) is 30.3 Å². The van der Waals surface area contributed by atoms with Crippen LogP contribution in [0.4, 0.5) is 0 Å². The molecular formula is C20H21NO3. The molecular weight excluding hydrogens is 302 g/mol. The Balaban J connectivity index is 1.78. The van der Waals surface area contributed by atoms with Crippen LogP contribution in [0.5, 0.6) is 0 Å². The summed E-state index contributed by atoms with van der Waals surface area (Å²) in [5.74, 6) is 0. The number of aryl methyl sites for hydroxylation is 2. The van der Waals surface area contributed by atoms with Gasteiger partial charge in [0, 0.05) is 24.5 Å². The normalized spacial score (nSPS) is 12.5. The Hall–Kier alpha value is -2.43. The molecule has 3 rings (SSSR count). The molecule has 0 aliphatic carbocycles. The van der Waals surface area contributed by atoms with Gasteiger partial charge in [0.1, 0.15) is 5.58 Å². The second kappa shape index (κ2) is 6.99. The van der Waals surface area contributed by atoms with E-state index in [0.717, 1.165) is 27.6 Å². The van der Waals surface area contributed by atoms with E-state index in [1.807, 2.05) is 56.3 Å². The standard InChI is InChI=1S/C20H21NO3/c1-13-8-17-16(10-20(23)24-19(17)9-14(13)2)11-21-12-18(22)15-6-4-3-5-7-15/h3-10,18,21-22H,11-12H2,1-2H3/t18-/m0/s1. The molecule has 0 saturated heterocycles. The quantitative estimate of drug-likeness (QED) is 0.708. The summed E-state index contributed by atoms with van der Waals surface area (Å²) >= 11 is 0. The van der Waals surface area contributed by atoms with Gasteiger partial charge in [0.2, 0.25) is 0 Å². The summed E-state index contributed by atoms with van der Waals surface area (Å²) in [6.45, 7) is 4.94. The van der Waals surface area contributed by atoms with E-state index < -0.39 is 6.10 Å². The molecule has 4 nitrogen and oxygen atoms in total. The SMILES string of the molecule is Cc1cc2oc(=O)cc(CNC[C@H](O)c3ccccc3)c2cc1C. The Kier molecular flexibility index (Phi) is 4.79. The van der Waals surface area contributed by atoms with E-state index in [1.54, 1.807) is 0 Å². The summed E-state index contributed by atoms with van der Waals surface area (Å²) in [6.07, 6.45) is -0.582. The maximum Gasteiger partial charge on any atom is 0.336 e. The van der Waals surface area contributed by atoms with Gasteiger partial charge in [-0.2, -0.15) is 0 Å². The van der Waals surface area contributed by atoms with Crippen LogP contribution in [-0.2, 0) is 6.54 Å². The van der Waals surface area contributed by atoms with Crippen molar-refractivity contribution in [3.8, 4) is 0 Å². The molecule has 124 valence electrons. The Morgan fingerprint density at radius 1 is 1.08 bits per heavy atom. The summed E-state index contributed by atoms with van der Waals surface area (Å²) in [7, 11) is 0. The Morgan fingerprint density at radius 3 is 2.54 bits per heavy atom. The molecule has 1 aromatic heterocycles. The number of rotatable bonds is 5. The van der Waals surface area contributed by atoms with Gasteiger partial charge in [-0.15, -0.1) is 0 Å². The van der Waals surface area contributed by atoms with Crippen molar-refractivity contribution in [3.05, 3.63) is 81.2 Å². The van der Waals surface area contributed by atoms with Crippen LogP contribution in [0.1, 0.15) is 28.4 Å². The molecule has 24 heavy (non-hydrogen) atoms. The first-order valence-corrected chi connectivity index (χ1v) is 8.02. The van der Waals surface area contributed by atoms with Crippen molar-refractivity contribution in [2.75, 3.05) is 6.54 Å². The van der Waals surface area contributed by atoms with Crippen LogP contribution in [0.25, 0.3) is 11.0 Å². The molecule has 2 N–H and O–H groups in total. The number of hydrogen-bond acceptors (Lipinski definition) is 4. The Labute approximate surface area is 140 Å². The van der Waals surface area contributed by atoms with E-state index in [4.69, 9.17) is 4.42 Å². The van der Waals surface area contributed by atoms with Gasteiger partial charge < -0.3 is 14.8 Å². The number of benzene rings is 2. The van der Waals surface area contributed by atoms with Crippen molar-refractivity contribution >= 4 is 11.0 Å². The summed E-state index contributed by atoms with van der Waals surface area (Å²) in [4.78, 5) is 11.8. The zero-order valence-corrected chi connectivity index (χ0v) is 13.9. The lowest BCUT2D eigenvalue weighted by Gasteiger charge is -2.13. The smallest absolute Gasteiger partial charge is 0.336 e. The van der Waals surface area contributed by atoms with Crippen molar-refractivity contribution in [3.63, 3.8) is 0 Å². The highest BCUT2D eigenvalue weighted by Gasteiger charge is 2.10. The highest BCUT2D eigenvalue weighted by Crippen LogP contribution is 2.21. The highest BCUT2D eigenvalue weighted by molar-refractivity contribution is 5.81. The van der Waals surface area contributed by atoms with Gasteiger partial charge in [-0.3, -0.25) is 0 Å². The average molecular weight is 323 g/mol. The highest BCUT2D eigenvalue weighted by atomic mass is 16.4. The van der Waals surface area contributed by atoms with Crippen LogP contribution in [0.15, 0.2) is 57.7 Å². The minimum Gasteiger partial charge on any atom is -0.423 e. The molecule has 0 radical (unpaired) electrons. The van der Waals surface area contributed by atoms with E-state index in [1.165, 1.54) is 6.07 Å². The van der Waals surface area contributed by atoms with Gasteiger partial charge in [0.05, 0.1) is 6.10 Å². The van der Waals surface area contributed by atoms with E-state index >= 15 is 0 Å². The second-order valence-corrected chi connectivity index (χ2v) is 6.08. The fourth-order valence-corrected chi connectivity index (χ4v) is 2.77. The van der Waals surface area contributed by atoms with Crippen molar-refractivity contribution in [1.82, 2.24) is 5.32 Å². The third kappa shape index (κ3) is 3.55. The van der Waals surface area contributed by atoms with Crippen LogP contribution in [0.3, 0.4) is 0 Å². The van der Waals surface area contributed by atoms with Crippen molar-refractivity contribution in [2.45, 2.75) is 26.5 Å². The van der Waals surface area contributed by atoms with E-state index in [9.17, 15) is 9.90 Å². The largest absolute Gasteiger partial charge is 0.423 e. The molecule has 1 atom stereocenters. The van der Waals surface area contributed by atoms with Crippen LogP contribution in [0.2, 0.25) is 0 Å². The lowest BCUT2D eigenvalue weighted by Crippen LogP contribution is -2.21. The van der Waals surface area contributed by atoms with Crippen LogP contribution in [0, 0.1) is 13.8 Å². The molecule has 0 spiro atoms. The zero-order valence-electron chi connectivity index (χ0n) is 13.9. The van der Waals surface area contributed by atoms with E-state index in [0.29, 0.717) is 18.7 Å². The maximum absolute atomic E-state index is 11.8. The second-order valence-electron chi connectivity index (χ2n) is 6.08. The molecule has 2 aromatic carbocycles. The number of aliphatic hydroxyl groups excluding tert-OH is 1. The van der Waals surface area contributed by atoms with E-state index in [2.05, 4.69) is 5.32 Å². The zero-order chi connectivity index (χ0) is 17.1. The van der Waals surface area contributed by atoms with Crippen LogP contribution >= 0.6 is 0 Å². The predicted molar refractivity (Wildman–Crippen MR) is 95.1 cm³/mol. The summed E-state index contributed by atoms with van der Waals surface area (Å²) in [5.41, 5.74) is 4.24. The summed E-state index contributed by atoms with van der Waals surface area (Å²) < 4.78 is 5.30. The minimum absolute atomic E-state index is 0.355. The predicted octanol–water partition coefficient (Wildman–Crippen LogP) is 3.23. The van der Waals surface area contributed by atoms with E-state index in [-0.39, 0.29) is 5.63 Å². The molecule has 1 heterocycles. The number of nitrogens with one attached hydrogen (secondary N) is 1. The number of hydrogen-bond donors (Lipinski definition) is 2. The Bertz CT molecular complexity index is 900. The monoisotopic (exact) mass is 323 g/mol. The molecule has 0 saturated carbocycles. The molecule has 4 heteroatoms. The third-order valence-corrected chi connectivity index (χ3v) is 4.28. The first-order valence-electron chi connectivity index (χ1n) is 8.02. The number of fused-ring (bicyclic) bond motifs is 1. The van der Waals surface area contributed by atoms with Crippen LogP contribution < -0.4 is 10.9 Å². The molecule has 0 fully saturated rings. The average Bonchev–Trinajstić information content (AvgIpc) is 2.57. The minimum atomic E-state index is -0.582. The van der Waals surface area contributed by atoms with Crippen molar-refractivity contribution < 1.29 is 9.52 Å². The summed E-state index contributed by atoms with van der Waals surface area (Å²) in [6, 6.07) is 15.0. The van der Waals surface area contributed by atoms with Gasteiger partial charge >= 0.3 is 5.63 Å². The fourth-order valence-electron chi connectivity index (χ4n) is 2.77. The van der Waals surface area contributed by atoms with Gasteiger partial charge in [-0.25, -0.2) is 4.79 Å². The van der Waals surface area contributed by atoms with Crippen molar-refractivity contribution in [1.29, 1.82) is 0 Å². The number of aliphatic hydroxyl groups is 1. The van der Waals surface area contributed by atoms with Gasteiger partial charge in [0.15, 0.2) is 0 Å². The van der Waals surface area contributed by atoms with Gasteiger partial charge in [-0.05, 0) is 48.2 Å². The molecule has 0 aliphatic rings. The third-order valence-electron chi connectivity index (χ3n) is 4.28. The lowest BCUT2D eigenvalue weighted by molar-refractivity contribution is 0.174. The topological polar surface area (TPSA) is 62.5 Å². The first-order chi connectivity index (χ1) is 11.5. The first kappa shape index (κ1) is 16.4. The van der Waals surface area contributed by atoms with Crippen LogP contribution in [-0.4, -0.2) is 11.7 Å².